The fourth-order valence-corrected chi connectivity index (χ4v) is 3.42. The van der Waals surface area contributed by atoms with Crippen LogP contribution in [0.4, 0.5) is 0 Å². The van der Waals surface area contributed by atoms with Gasteiger partial charge >= 0.3 is 0 Å². The molecule has 0 fully saturated rings. The molecule has 6 heteroatoms. The number of benzene rings is 1. The Morgan fingerprint density at radius 3 is 2.44 bits per heavy atom. The van der Waals surface area contributed by atoms with Crippen LogP contribution in [0, 0.1) is 18.6 Å². The van der Waals surface area contributed by atoms with E-state index in [1.165, 1.54) is 11.3 Å². The van der Waals surface area contributed by atoms with Crippen LogP contribution >= 0.6 is 12.2 Å². The average molecular weight is 382 g/mol. The monoisotopic (exact) mass is 381 g/mol. The molecule has 2 aromatic heterocycles. The summed E-state index contributed by atoms with van der Waals surface area (Å²) in [5.41, 5.74) is 6.02. The Kier molecular flexibility index (Phi) is 5.20. The van der Waals surface area contributed by atoms with Crippen LogP contribution in [0.2, 0.25) is 0 Å². The van der Waals surface area contributed by atoms with Crippen molar-refractivity contribution >= 4 is 18.4 Å². The van der Waals surface area contributed by atoms with E-state index in [1.807, 2.05) is 13.1 Å². The van der Waals surface area contributed by atoms with Crippen molar-refractivity contribution in [3.8, 4) is 5.69 Å². The molecule has 0 spiro atoms. The SMILES string of the molecule is CCc1n[nH]c(=S)n1/N=C\c1cc(C)n(-c2ccc(C(C)(C)C)cc2)c1C. The molecule has 0 amide bonds. The molecule has 1 N–H and O–H groups in total. The fraction of sp³-hybridized carbons (Fsp3) is 0.381. The van der Waals surface area contributed by atoms with E-state index in [0.717, 1.165) is 29.2 Å². The maximum Gasteiger partial charge on any atom is 0.216 e. The largest absolute Gasteiger partial charge is 0.318 e. The van der Waals surface area contributed by atoms with Gasteiger partial charge in [0, 0.05) is 29.1 Å². The van der Waals surface area contributed by atoms with E-state index in [4.69, 9.17) is 12.2 Å². The summed E-state index contributed by atoms with van der Waals surface area (Å²) in [5.74, 6) is 0.822. The minimum Gasteiger partial charge on any atom is -0.318 e. The molecule has 0 aliphatic rings. The van der Waals surface area contributed by atoms with Gasteiger partial charge in [-0.3, -0.25) is 5.10 Å². The lowest BCUT2D eigenvalue weighted by Crippen LogP contribution is -2.11. The Balaban J connectivity index is 1.97. The third kappa shape index (κ3) is 3.81. The van der Waals surface area contributed by atoms with Gasteiger partial charge in [-0.15, -0.1) is 0 Å². The lowest BCUT2D eigenvalue weighted by atomic mass is 9.87. The van der Waals surface area contributed by atoms with E-state index in [2.05, 4.69) is 84.8 Å². The first-order chi connectivity index (χ1) is 12.7. The van der Waals surface area contributed by atoms with Crippen LogP contribution in [0.1, 0.15) is 56.0 Å². The van der Waals surface area contributed by atoms with E-state index in [9.17, 15) is 0 Å². The Morgan fingerprint density at radius 1 is 1.19 bits per heavy atom. The first kappa shape index (κ1) is 19.3. The Hall–Kier alpha value is -2.47. The van der Waals surface area contributed by atoms with Gasteiger partial charge in [0.1, 0.15) is 0 Å². The second kappa shape index (κ2) is 7.27. The third-order valence-corrected chi connectivity index (χ3v) is 5.07. The van der Waals surface area contributed by atoms with E-state index >= 15 is 0 Å². The predicted octanol–water partition coefficient (Wildman–Crippen LogP) is 5.09. The molecule has 2 heterocycles. The average Bonchev–Trinajstić information content (AvgIpc) is 3.11. The lowest BCUT2D eigenvalue weighted by molar-refractivity contribution is 0.590. The second-order valence-electron chi connectivity index (χ2n) is 7.81. The highest BCUT2D eigenvalue weighted by Gasteiger charge is 2.14. The normalized spacial score (nSPS) is 12.2. The van der Waals surface area contributed by atoms with Gasteiger partial charge in [-0.25, -0.2) is 0 Å². The van der Waals surface area contributed by atoms with Crippen molar-refractivity contribution in [3.05, 3.63) is 63.4 Å². The van der Waals surface area contributed by atoms with Gasteiger partial charge in [0.15, 0.2) is 5.82 Å². The highest BCUT2D eigenvalue weighted by molar-refractivity contribution is 7.71. The molecule has 3 rings (SSSR count). The molecule has 27 heavy (non-hydrogen) atoms. The Bertz CT molecular complexity index is 1030. The van der Waals surface area contributed by atoms with Crippen molar-refractivity contribution in [3.63, 3.8) is 0 Å². The maximum absolute atomic E-state index is 5.26. The summed E-state index contributed by atoms with van der Waals surface area (Å²) < 4.78 is 4.44. The van der Waals surface area contributed by atoms with Crippen molar-refractivity contribution in [2.24, 2.45) is 5.10 Å². The molecule has 0 atom stereocenters. The molecule has 0 bridgehead atoms. The highest BCUT2D eigenvalue weighted by atomic mass is 32.1. The van der Waals surface area contributed by atoms with Crippen LogP contribution in [-0.4, -0.2) is 25.7 Å². The predicted molar refractivity (Wildman–Crippen MR) is 114 cm³/mol. The minimum absolute atomic E-state index is 0.151. The van der Waals surface area contributed by atoms with Crippen LogP contribution in [0.5, 0.6) is 0 Å². The van der Waals surface area contributed by atoms with Gasteiger partial charge in [-0.2, -0.15) is 14.9 Å². The topological polar surface area (TPSA) is 50.9 Å². The summed E-state index contributed by atoms with van der Waals surface area (Å²) in [4.78, 5) is 0. The van der Waals surface area contributed by atoms with Gasteiger partial charge in [-0.05, 0) is 55.2 Å². The third-order valence-electron chi connectivity index (χ3n) is 4.81. The van der Waals surface area contributed by atoms with Gasteiger partial charge in [0.25, 0.3) is 0 Å². The Labute approximate surface area is 165 Å². The number of aromatic amines is 1. The number of hydrogen-bond acceptors (Lipinski definition) is 3. The molecule has 0 unspecified atom stereocenters. The molecule has 1 aromatic carbocycles. The van der Waals surface area contributed by atoms with Crippen molar-refractivity contribution in [2.75, 3.05) is 0 Å². The van der Waals surface area contributed by atoms with E-state index in [1.54, 1.807) is 4.68 Å². The van der Waals surface area contributed by atoms with Gasteiger partial charge in [-0.1, -0.05) is 39.8 Å². The molecule has 0 aliphatic carbocycles. The number of H-pyrrole nitrogens is 1. The van der Waals surface area contributed by atoms with Crippen LogP contribution in [-0.2, 0) is 11.8 Å². The molecule has 0 saturated carbocycles. The molecule has 0 saturated heterocycles. The van der Waals surface area contributed by atoms with E-state index < -0.39 is 0 Å². The number of aryl methyl sites for hydroxylation is 2. The first-order valence-corrected chi connectivity index (χ1v) is 9.63. The fourth-order valence-electron chi connectivity index (χ4n) is 3.22. The van der Waals surface area contributed by atoms with Crippen molar-refractivity contribution < 1.29 is 0 Å². The van der Waals surface area contributed by atoms with Crippen LogP contribution < -0.4 is 0 Å². The summed E-state index contributed by atoms with van der Waals surface area (Å²) in [7, 11) is 0. The zero-order valence-corrected chi connectivity index (χ0v) is 17.7. The van der Waals surface area contributed by atoms with Crippen LogP contribution in [0.15, 0.2) is 35.4 Å². The maximum atomic E-state index is 5.26. The molecule has 0 radical (unpaired) electrons. The minimum atomic E-state index is 0.151. The number of aromatic nitrogens is 4. The molecule has 3 aromatic rings. The van der Waals surface area contributed by atoms with Crippen molar-refractivity contribution in [1.82, 2.24) is 19.4 Å². The van der Waals surface area contributed by atoms with Crippen LogP contribution in [0.3, 0.4) is 0 Å². The number of rotatable bonds is 4. The highest BCUT2D eigenvalue weighted by Crippen LogP contribution is 2.25. The molecule has 142 valence electrons. The summed E-state index contributed by atoms with van der Waals surface area (Å²) >= 11 is 5.26. The van der Waals surface area contributed by atoms with Crippen LogP contribution in [0.25, 0.3) is 5.69 Å². The first-order valence-electron chi connectivity index (χ1n) is 9.23. The van der Waals surface area contributed by atoms with Crippen molar-refractivity contribution in [1.29, 1.82) is 0 Å². The Morgan fingerprint density at radius 2 is 1.85 bits per heavy atom. The van der Waals surface area contributed by atoms with Gasteiger partial charge in [0.05, 0.1) is 6.21 Å². The second-order valence-corrected chi connectivity index (χ2v) is 8.20. The summed E-state index contributed by atoms with van der Waals surface area (Å²) in [6, 6.07) is 10.9. The number of hydrogen-bond donors (Lipinski definition) is 1. The van der Waals surface area contributed by atoms with E-state index in [0.29, 0.717) is 4.77 Å². The molecule has 5 nitrogen and oxygen atoms in total. The lowest BCUT2D eigenvalue weighted by Gasteiger charge is -2.20. The summed E-state index contributed by atoms with van der Waals surface area (Å²) in [6.45, 7) is 12.9. The molecular weight excluding hydrogens is 354 g/mol. The molecular formula is C21H27N5S. The summed E-state index contributed by atoms with van der Waals surface area (Å²) in [5, 5.41) is 11.5. The van der Waals surface area contributed by atoms with Gasteiger partial charge in [0.2, 0.25) is 4.77 Å². The zero-order chi connectivity index (χ0) is 19.8. The number of nitrogens with one attached hydrogen (secondary N) is 1. The smallest absolute Gasteiger partial charge is 0.216 e. The quantitative estimate of drug-likeness (QED) is 0.505. The summed E-state index contributed by atoms with van der Waals surface area (Å²) in [6.07, 6.45) is 2.62. The molecule has 0 aliphatic heterocycles. The van der Waals surface area contributed by atoms with Gasteiger partial charge < -0.3 is 4.57 Å². The van der Waals surface area contributed by atoms with E-state index in [-0.39, 0.29) is 5.41 Å². The van der Waals surface area contributed by atoms with Crippen molar-refractivity contribution in [2.45, 2.75) is 53.4 Å². The standard InChI is InChI=1S/C21H27N5S/c1-7-19-23-24-20(27)26(19)22-13-16-12-14(2)25(15(16)3)18-10-8-17(9-11-18)21(4,5)6/h8-13H,7H2,1-6H3,(H,24,27)/b22-13-. The number of nitrogens with zero attached hydrogens (tertiary/aromatic N) is 4. The zero-order valence-electron chi connectivity index (χ0n) is 16.9.